The molecule has 100 valence electrons. The van der Waals surface area contributed by atoms with Crippen molar-refractivity contribution in [3.8, 4) is 0 Å². The fourth-order valence-electron chi connectivity index (χ4n) is 2.06. The lowest BCUT2D eigenvalue weighted by molar-refractivity contribution is -0.117. The summed E-state index contributed by atoms with van der Waals surface area (Å²) in [6.07, 6.45) is 1.94. The zero-order valence-corrected chi connectivity index (χ0v) is 10.6. The molecule has 0 bridgehead atoms. The summed E-state index contributed by atoms with van der Waals surface area (Å²) in [7, 11) is 0. The minimum Gasteiger partial charge on any atom is -0.335 e. The summed E-state index contributed by atoms with van der Waals surface area (Å²) in [5.74, 6) is 0.0280. The van der Waals surface area contributed by atoms with Gasteiger partial charge in [0.1, 0.15) is 0 Å². The number of carbonyl (C=O) groups excluding carboxylic acids is 2. The van der Waals surface area contributed by atoms with Gasteiger partial charge < -0.3 is 15.5 Å². The molecule has 0 saturated carbocycles. The highest BCUT2D eigenvalue weighted by Crippen LogP contribution is 2.20. The topological polar surface area (TPSA) is 61.4 Å². The molecular formula is C14H17N3O2. The van der Waals surface area contributed by atoms with E-state index in [2.05, 4.69) is 17.2 Å². The van der Waals surface area contributed by atoms with E-state index in [9.17, 15) is 9.59 Å². The molecule has 1 saturated heterocycles. The molecule has 2 rings (SSSR count). The molecule has 1 aliphatic rings. The Kier molecular flexibility index (Phi) is 4.18. The van der Waals surface area contributed by atoms with Crippen molar-refractivity contribution >= 4 is 17.6 Å². The second kappa shape index (κ2) is 6.04. The van der Waals surface area contributed by atoms with Gasteiger partial charge in [0.2, 0.25) is 5.91 Å². The number of urea groups is 1. The lowest BCUT2D eigenvalue weighted by atomic mass is 10.2. The second-order valence-electron chi connectivity index (χ2n) is 4.38. The number of rotatable bonds is 4. The van der Waals surface area contributed by atoms with Crippen molar-refractivity contribution in [1.29, 1.82) is 0 Å². The maximum atomic E-state index is 11.9. The van der Waals surface area contributed by atoms with Crippen LogP contribution in [0.5, 0.6) is 0 Å². The summed E-state index contributed by atoms with van der Waals surface area (Å²) in [5, 5.41) is 5.41. The van der Waals surface area contributed by atoms with Crippen molar-refractivity contribution in [2.45, 2.75) is 12.5 Å². The highest BCUT2D eigenvalue weighted by atomic mass is 16.2. The Hall–Kier alpha value is -2.30. The fraction of sp³-hybridized carbons (Fsp3) is 0.286. The molecular weight excluding hydrogens is 242 g/mol. The first-order valence-corrected chi connectivity index (χ1v) is 6.21. The first kappa shape index (κ1) is 13.1. The lowest BCUT2D eigenvalue weighted by Gasteiger charge is -2.17. The monoisotopic (exact) mass is 259 g/mol. The lowest BCUT2D eigenvalue weighted by Crippen LogP contribution is -2.43. The molecule has 1 aliphatic heterocycles. The Balaban J connectivity index is 1.92. The third-order valence-electron chi connectivity index (χ3n) is 2.94. The van der Waals surface area contributed by atoms with Crippen LogP contribution in [0.1, 0.15) is 6.42 Å². The third kappa shape index (κ3) is 3.34. The van der Waals surface area contributed by atoms with E-state index in [0.29, 0.717) is 19.5 Å². The summed E-state index contributed by atoms with van der Waals surface area (Å²) >= 11 is 0. The van der Waals surface area contributed by atoms with Crippen LogP contribution in [0.2, 0.25) is 0 Å². The number of amides is 3. The molecule has 0 aliphatic carbocycles. The SMILES string of the molecule is C=CCNC(=O)NC1CC(=O)N(c2ccccc2)C1. The molecule has 1 unspecified atom stereocenters. The molecule has 1 aromatic rings. The maximum Gasteiger partial charge on any atom is 0.315 e. The average Bonchev–Trinajstić information content (AvgIpc) is 2.78. The highest BCUT2D eigenvalue weighted by molar-refractivity contribution is 5.96. The Morgan fingerprint density at radius 3 is 2.84 bits per heavy atom. The van der Waals surface area contributed by atoms with Crippen LogP contribution in [0.4, 0.5) is 10.5 Å². The van der Waals surface area contributed by atoms with Gasteiger partial charge in [-0.05, 0) is 12.1 Å². The molecule has 0 aromatic heterocycles. The molecule has 0 radical (unpaired) electrons. The molecule has 1 fully saturated rings. The predicted octanol–water partition coefficient (Wildman–Crippen LogP) is 1.28. The minimum absolute atomic E-state index is 0.0280. The predicted molar refractivity (Wildman–Crippen MR) is 73.9 cm³/mol. The zero-order chi connectivity index (χ0) is 13.7. The van der Waals surface area contributed by atoms with Crippen LogP contribution in [0.25, 0.3) is 0 Å². The quantitative estimate of drug-likeness (QED) is 0.800. The molecule has 3 amide bonds. The van der Waals surface area contributed by atoms with Crippen LogP contribution in [-0.2, 0) is 4.79 Å². The molecule has 19 heavy (non-hydrogen) atoms. The van der Waals surface area contributed by atoms with Gasteiger partial charge in [0, 0.05) is 25.2 Å². The zero-order valence-electron chi connectivity index (χ0n) is 10.6. The summed E-state index contributed by atoms with van der Waals surface area (Å²) in [4.78, 5) is 25.1. The van der Waals surface area contributed by atoms with E-state index in [1.807, 2.05) is 30.3 Å². The third-order valence-corrected chi connectivity index (χ3v) is 2.94. The molecule has 5 heteroatoms. The van der Waals surface area contributed by atoms with Gasteiger partial charge in [-0.2, -0.15) is 0 Å². The number of hydrogen-bond acceptors (Lipinski definition) is 2. The summed E-state index contributed by atoms with van der Waals surface area (Å²) in [5.41, 5.74) is 0.864. The summed E-state index contributed by atoms with van der Waals surface area (Å²) in [6.45, 7) is 4.44. The fourth-order valence-corrected chi connectivity index (χ4v) is 2.06. The normalized spacial score (nSPS) is 18.2. The molecule has 1 aromatic carbocycles. The van der Waals surface area contributed by atoms with Crippen LogP contribution < -0.4 is 15.5 Å². The Labute approximate surface area is 112 Å². The van der Waals surface area contributed by atoms with Crippen LogP contribution in [0, 0.1) is 0 Å². The molecule has 0 spiro atoms. The summed E-state index contributed by atoms with van der Waals surface area (Å²) < 4.78 is 0. The van der Waals surface area contributed by atoms with E-state index in [1.54, 1.807) is 11.0 Å². The van der Waals surface area contributed by atoms with Crippen molar-refractivity contribution in [3.05, 3.63) is 43.0 Å². The number of benzene rings is 1. The number of nitrogens with zero attached hydrogens (tertiary/aromatic N) is 1. The van der Waals surface area contributed by atoms with E-state index < -0.39 is 0 Å². The van der Waals surface area contributed by atoms with Gasteiger partial charge >= 0.3 is 6.03 Å². The van der Waals surface area contributed by atoms with Gasteiger partial charge in [-0.3, -0.25) is 4.79 Å². The molecule has 5 nitrogen and oxygen atoms in total. The highest BCUT2D eigenvalue weighted by Gasteiger charge is 2.31. The smallest absolute Gasteiger partial charge is 0.315 e. The molecule has 2 N–H and O–H groups in total. The number of nitrogens with one attached hydrogen (secondary N) is 2. The van der Waals surface area contributed by atoms with Crippen LogP contribution in [0.15, 0.2) is 43.0 Å². The van der Waals surface area contributed by atoms with Gasteiger partial charge in [-0.1, -0.05) is 24.3 Å². The first-order chi connectivity index (χ1) is 9.20. The Bertz CT molecular complexity index is 473. The minimum atomic E-state index is -0.271. The molecule has 1 atom stereocenters. The van der Waals surface area contributed by atoms with Crippen LogP contribution >= 0.6 is 0 Å². The van der Waals surface area contributed by atoms with Gasteiger partial charge in [-0.25, -0.2) is 4.79 Å². The number of para-hydroxylation sites is 1. The summed E-state index contributed by atoms with van der Waals surface area (Å²) in [6, 6.07) is 9.03. The van der Waals surface area contributed by atoms with Gasteiger partial charge in [0.15, 0.2) is 0 Å². The van der Waals surface area contributed by atoms with Crippen molar-refractivity contribution in [1.82, 2.24) is 10.6 Å². The maximum absolute atomic E-state index is 11.9. The Morgan fingerprint density at radius 1 is 1.42 bits per heavy atom. The van der Waals surface area contributed by atoms with E-state index in [-0.39, 0.29) is 18.0 Å². The van der Waals surface area contributed by atoms with Crippen molar-refractivity contribution in [2.75, 3.05) is 18.0 Å². The largest absolute Gasteiger partial charge is 0.335 e. The van der Waals surface area contributed by atoms with E-state index in [0.717, 1.165) is 5.69 Å². The van der Waals surface area contributed by atoms with Crippen molar-refractivity contribution in [2.24, 2.45) is 0 Å². The second-order valence-corrected chi connectivity index (χ2v) is 4.38. The van der Waals surface area contributed by atoms with Crippen LogP contribution in [0.3, 0.4) is 0 Å². The Morgan fingerprint density at radius 2 is 2.16 bits per heavy atom. The van der Waals surface area contributed by atoms with Gasteiger partial charge in [-0.15, -0.1) is 6.58 Å². The van der Waals surface area contributed by atoms with E-state index >= 15 is 0 Å². The van der Waals surface area contributed by atoms with E-state index in [4.69, 9.17) is 0 Å². The van der Waals surface area contributed by atoms with Crippen molar-refractivity contribution in [3.63, 3.8) is 0 Å². The van der Waals surface area contributed by atoms with Crippen LogP contribution in [-0.4, -0.2) is 31.1 Å². The number of hydrogen-bond donors (Lipinski definition) is 2. The standard InChI is InChI=1S/C14H17N3O2/c1-2-8-15-14(19)16-11-9-13(18)17(10-11)12-6-4-3-5-7-12/h2-7,11H,1,8-10H2,(H2,15,16,19). The van der Waals surface area contributed by atoms with Gasteiger partial charge in [0.05, 0.1) is 6.04 Å². The number of anilines is 1. The average molecular weight is 259 g/mol. The van der Waals surface area contributed by atoms with Crippen molar-refractivity contribution < 1.29 is 9.59 Å². The van der Waals surface area contributed by atoms with E-state index in [1.165, 1.54) is 0 Å². The van der Waals surface area contributed by atoms with Gasteiger partial charge in [0.25, 0.3) is 0 Å². The molecule has 1 heterocycles. The first-order valence-electron chi connectivity index (χ1n) is 6.21. The number of carbonyl (C=O) groups is 2.